The van der Waals surface area contributed by atoms with E-state index in [1.54, 1.807) is 0 Å². The number of benzene rings is 1. The van der Waals surface area contributed by atoms with Gasteiger partial charge in [0.2, 0.25) is 0 Å². The first-order valence-electron chi connectivity index (χ1n) is 5.79. The Balaban J connectivity index is 2.41. The van der Waals surface area contributed by atoms with Crippen LogP contribution in [0.3, 0.4) is 0 Å². The quantitative estimate of drug-likeness (QED) is 0.793. The van der Waals surface area contributed by atoms with Crippen molar-refractivity contribution in [1.29, 1.82) is 0 Å². The number of hydrogen-bond donors (Lipinski definition) is 2. The van der Waals surface area contributed by atoms with E-state index in [4.69, 9.17) is 5.11 Å². The van der Waals surface area contributed by atoms with Crippen LogP contribution >= 0.6 is 0 Å². The Morgan fingerprint density at radius 2 is 2.00 bits per heavy atom. The van der Waals surface area contributed by atoms with E-state index in [0.29, 0.717) is 6.54 Å². The standard InChI is InChI=1S/C14H19NO2/c1-11(2)13(14(16)17)15-10-6-9-12-7-4-3-5-8-12/h3-9,11,13,15H,10H2,1-2H3,(H,16,17)/t13-/m0/s1. The van der Waals surface area contributed by atoms with Gasteiger partial charge in [-0.3, -0.25) is 4.79 Å². The van der Waals surface area contributed by atoms with Gasteiger partial charge in [0.25, 0.3) is 0 Å². The van der Waals surface area contributed by atoms with Crippen molar-refractivity contribution >= 4 is 12.0 Å². The average molecular weight is 233 g/mol. The van der Waals surface area contributed by atoms with E-state index in [-0.39, 0.29) is 5.92 Å². The molecule has 0 aliphatic rings. The molecule has 0 fully saturated rings. The van der Waals surface area contributed by atoms with Crippen molar-refractivity contribution < 1.29 is 9.90 Å². The molecule has 0 aromatic heterocycles. The van der Waals surface area contributed by atoms with Gasteiger partial charge in [0.1, 0.15) is 6.04 Å². The van der Waals surface area contributed by atoms with E-state index < -0.39 is 12.0 Å². The maximum atomic E-state index is 10.9. The van der Waals surface area contributed by atoms with Gasteiger partial charge in [0, 0.05) is 6.54 Å². The molecule has 17 heavy (non-hydrogen) atoms. The molecule has 0 saturated carbocycles. The summed E-state index contributed by atoms with van der Waals surface area (Å²) in [6.07, 6.45) is 3.92. The van der Waals surface area contributed by atoms with Crippen LogP contribution in [0.15, 0.2) is 36.4 Å². The Hall–Kier alpha value is -1.61. The third-order valence-corrected chi connectivity index (χ3v) is 2.50. The third kappa shape index (κ3) is 4.83. The first kappa shape index (κ1) is 13.5. The lowest BCUT2D eigenvalue weighted by Crippen LogP contribution is -2.40. The highest BCUT2D eigenvalue weighted by Gasteiger charge is 2.19. The van der Waals surface area contributed by atoms with E-state index in [9.17, 15) is 4.79 Å². The zero-order valence-electron chi connectivity index (χ0n) is 10.3. The van der Waals surface area contributed by atoms with E-state index in [0.717, 1.165) is 5.56 Å². The van der Waals surface area contributed by atoms with Crippen molar-refractivity contribution in [3.8, 4) is 0 Å². The number of aliphatic carboxylic acids is 1. The molecule has 0 amide bonds. The fraction of sp³-hybridized carbons (Fsp3) is 0.357. The molecule has 0 unspecified atom stereocenters. The molecule has 2 N–H and O–H groups in total. The predicted octanol–water partition coefficient (Wildman–Crippen LogP) is 2.40. The van der Waals surface area contributed by atoms with E-state index in [1.165, 1.54) is 0 Å². The summed E-state index contributed by atoms with van der Waals surface area (Å²) in [7, 11) is 0. The van der Waals surface area contributed by atoms with Gasteiger partial charge in [0.15, 0.2) is 0 Å². The third-order valence-electron chi connectivity index (χ3n) is 2.50. The number of hydrogen-bond acceptors (Lipinski definition) is 2. The summed E-state index contributed by atoms with van der Waals surface area (Å²) < 4.78 is 0. The number of carbonyl (C=O) groups is 1. The highest BCUT2D eigenvalue weighted by Crippen LogP contribution is 2.02. The number of nitrogens with one attached hydrogen (secondary N) is 1. The Kier molecular flexibility index (Phi) is 5.43. The lowest BCUT2D eigenvalue weighted by molar-refractivity contribution is -0.140. The van der Waals surface area contributed by atoms with Gasteiger partial charge in [-0.25, -0.2) is 0 Å². The van der Waals surface area contributed by atoms with Crippen LogP contribution in [0.4, 0.5) is 0 Å². The molecular formula is C14H19NO2. The molecule has 1 atom stereocenters. The molecule has 1 aromatic rings. The smallest absolute Gasteiger partial charge is 0.320 e. The van der Waals surface area contributed by atoms with E-state index in [1.807, 2.05) is 56.3 Å². The fourth-order valence-corrected chi connectivity index (χ4v) is 1.56. The molecule has 0 heterocycles. The van der Waals surface area contributed by atoms with Crippen LogP contribution < -0.4 is 5.32 Å². The largest absolute Gasteiger partial charge is 0.480 e. The summed E-state index contributed by atoms with van der Waals surface area (Å²) in [5.41, 5.74) is 1.12. The Morgan fingerprint density at radius 1 is 1.35 bits per heavy atom. The van der Waals surface area contributed by atoms with Gasteiger partial charge in [-0.1, -0.05) is 56.3 Å². The molecule has 0 saturated heterocycles. The summed E-state index contributed by atoms with van der Waals surface area (Å²) in [5.74, 6) is -0.717. The second kappa shape index (κ2) is 6.86. The lowest BCUT2D eigenvalue weighted by atomic mass is 10.1. The van der Waals surface area contributed by atoms with Crippen molar-refractivity contribution in [2.75, 3.05) is 6.54 Å². The molecule has 0 aliphatic heterocycles. The van der Waals surface area contributed by atoms with Gasteiger partial charge in [-0.2, -0.15) is 0 Å². The monoisotopic (exact) mass is 233 g/mol. The second-order valence-corrected chi connectivity index (χ2v) is 4.28. The molecule has 3 heteroatoms. The van der Waals surface area contributed by atoms with Crippen molar-refractivity contribution in [3.05, 3.63) is 42.0 Å². The molecule has 92 valence electrons. The van der Waals surface area contributed by atoms with Crippen LogP contribution in [0.1, 0.15) is 19.4 Å². The van der Waals surface area contributed by atoms with Crippen molar-refractivity contribution in [3.63, 3.8) is 0 Å². The van der Waals surface area contributed by atoms with Crippen LogP contribution in [-0.4, -0.2) is 23.7 Å². The topological polar surface area (TPSA) is 49.3 Å². The molecule has 0 radical (unpaired) electrons. The summed E-state index contributed by atoms with van der Waals surface area (Å²) >= 11 is 0. The minimum atomic E-state index is -0.798. The molecule has 1 aromatic carbocycles. The van der Waals surface area contributed by atoms with Crippen LogP contribution in [0.25, 0.3) is 6.08 Å². The highest BCUT2D eigenvalue weighted by molar-refractivity contribution is 5.73. The molecule has 1 rings (SSSR count). The summed E-state index contributed by atoms with van der Waals surface area (Å²) in [4.78, 5) is 10.9. The summed E-state index contributed by atoms with van der Waals surface area (Å²) in [6, 6.07) is 9.44. The number of rotatable bonds is 6. The Labute approximate surface area is 102 Å². The number of carboxylic acid groups (broad SMARTS) is 1. The first-order chi connectivity index (χ1) is 8.11. The van der Waals surface area contributed by atoms with Gasteiger partial charge in [-0.05, 0) is 11.5 Å². The zero-order chi connectivity index (χ0) is 12.7. The minimum Gasteiger partial charge on any atom is -0.480 e. The SMILES string of the molecule is CC(C)[C@H](NCC=Cc1ccccc1)C(=O)O. The van der Waals surface area contributed by atoms with Gasteiger partial charge >= 0.3 is 5.97 Å². The highest BCUT2D eigenvalue weighted by atomic mass is 16.4. The molecular weight excluding hydrogens is 214 g/mol. The Morgan fingerprint density at radius 3 is 2.53 bits per heavy atom. The van der Waals surface area contributed by atoms with Crippen LogP contribution in [0.2, 0.25) is 0 Å². The summed E-state index contributed by atoms with van der Waals surface area (Å²) in [6.45, 7) is 4.35. The molecule has 0 aliphatic carbocycles. The van der Waals surface area contributed by atoms with Gasteiger partial charge in [0.05, 0.1) is 0 Å². The molecule has 0 bridgehead atoms. The van der Waals surface area contributed by atoms with E-state index in [2.05, 4.69) is 5.32 Å². The van der Waals surface area contributed by atoms with Gasteiger partial charge in [-0.15, -0.1) is 0 Å². The maximum Gasteiger partial charge on any atom is 0.320 e. The van der Waals surface area contributed by atoms with E-state index >= 15 is 0 Å². The zero-order valence-corrected chi connectivity index (χ0v) is 10.3. The maximum absolute atomic E-state index is 10.9. The lowest BCUT2D eigenvalue weighted by Gasteiger charge is -2.16. The first-order valence-corrected chi connectivity index (χ1v) is 5.79. The minimum absolute atomic E-state index is 0.0811. The average Bonchev–Trinajstić information content (AvgIpc) is 2.29. The van der Waals surface area contributed by atoms with Crippen molar-refractivity contribution in [2.24, 2.45) is 5.92 Å². The van der Waals surface area contributed by atoms with Crippen LogP contribution in [-0.2, 0) is 4.79 Å². The summed E-state index contributed by atoms with van der Waals surface area (Å²) in [5, 5.41) is 12.0. The van der Waals surface area contributed by atoms with Crippen LogP contribution in [0.5, 0.6) is 0 Å². The Bertz CT molecular complexity index is 371. The molecule has 3 nitrogen and oxygen atoms in total. The van der Waals surface area contributed by atoms with Gasteiger partial charge < -0.3 is 10.4 Å². The van der Waals surface area contributed by atoms with Crippen molar-refractivity contribution in [2.45, 2.75) is 19.9 Å². The molecule has 0 spiro atoms. The fourth-order valence-electron chi connectivity index (χ4n) is 1.56. The second-order valence-electron chi connectivity index (χ2n) is 4.28. The van der Waals surface area contributed by atoms with Crippen LogP contribution in [0, 0.1) is 5.92 Å². The number of carboxylic acids is 1. The normalized spacial score (nSPS) is 13.1. The predicted molar refractivity (Wildman–Crippen MR) is 69.7 cm³/mol. The van der Waals surface area contributed by atoms with Crippen molar-refractivity contribution in [1.82, 2.24) is 5.32 Å².